The van der Waals surface area contributed by atoms with Crippen LogP contribution >= 0.6 is 0 Å². The average Bonchev–Trinajstić information content (AvgIpc) is 2.12. The largest absolute Gasteiger partial charge is 0.494 e. The van der Waals surface area contributed by atoms with Gasteiger partial charge in [0.15, 0.2) is 11.6 Å². The first-order valence-corrected chi connectivity index (χ1v) is 4.33. The second kappa shape index (κ2) is 4.70. The van der Waals surface area contributed by atoms with E-state index in [2.05, 4.69) is 0 Å². The summed E-state index contributed by atoms with van der Waals surface area (Å²) in [6, 6.07) is 4.49. The fourth-order valence-electron chi connectivity index (χ4n) is 1.01. The predicted molar refractivity (Wildman–Crippen MR) is 48.7 cm³/mol. The molecule has 13 heavy (non-hydrogen) atoms. The quantitative estimate of drug-likeness (QED) is 0.716. The molecule has 1 aromatic rings. The third-order valence-electron chi connectivity index (χ3n) is 1.51. The third-order valence-corrected chi connectivity index (χ3v) is 1.51. The van der Waals surface area contributed by atoms with Gasteiger partial charge in [-0.15, -0.1) is 0 Å². The molecule has 0 amide bonds. The van der Waals surface area contributed by atoms with Crippen LogP contribution in [0.25, 0.3) is 0 Å². The fourth-order valence-corrected chi connectivity index (χ4v) is 1.01. The number of hydrogen-bond donors (Lipinski definition) is 0. The van der Waals surface area contributed by atoms with Crippen LogP contribution in [0.3, 0.4) is 0 Å². The van der Waals surface area contributed by atoms with Crippen molar-refractivity contribution in [1.82, 2.24) is 0 Å². The van der Waals surface area contributed by atoms with Crippen molar-refractivity contribution in [2.45, 2.75) is 13.8 Å². The molecule has 0 aliphatic carbocycles. The summed E-state index contributed by atoms with van der Waals surface area (Å²) in [5.41, 5.74) is 0. The van der Waals surface area contributed by atoms with Gasteiger partial charge < -0.3 is 9.47 Å². The molecule has 0 aliphatic heterocycles. The van der Waals surface area contributed by atoms with E-state index in [0.717, 1.165) is 0 Å². The van der Waals surface area contributed by atoms with Gasteiger partial charge in [-0.2, -0.15) is 0 Å². The molecule has 0 atom stereocenters. The van der Waals surface area contributed by atoms with Gasteiger partial charge in [-0.25, -0.2) is 4.39 Å². The highest BCUT2D eigenvalue weighted by Gasteiger charge is 2.03. The van der Waals surface area contributed by atoms with Crippen LogP contribution in [0.15, 0.2) is 18.2 Å². The first kappa shape index (κ1) is 9.84. The van der Waals surface area contributed by atoms with E-state index in [1.807, 2.05) is 13.8 Å². The van der Waals surface area contributed by atoms with Crippen LogP contribution < -0.4 is 9.47 Å². The van der Waals surface area contributed by atoms with E-state index in [9.17, 15) is 4.39 Å². The normalized spacial score (nSPS) is 9.77. The van der Waals surface area contributed by atoms with Gasteiger partial charge >= 0.3 is 0 Å². The standard InChI is InChI=1S/C10H13FO2/c1-3-12-8-5-6-9(11)10(7-8)13-4-2/h5-7H,3-4H2,1-2H3. The van der Waals surface area contributed by atoms with Crippen molar-refractivity contribution in [2.24, 2.45) is 0 Å². The van der Waals surface area contributed by atoms with Crippen molar-refractivity contribution in [2.75, 3.05) is 13.2 Å². The van der Waals surface area contributed by atoms with Crippen LogP contribution in [-0.4, -0.2) is 13.2 Å². The first-order valence-electron chi connectivity index (χ1n) is 4.33. The number of benzene rings is 1. The van der Waals surface area contributed by atoms with Crippen molar-refractivity contribution in [3.05, 3.63) is 24.0 Å². The Balaban J connectivity index is 2.83. The second-order valence-corrected chi connectivity index (χ2v) is 2.46. The maximum Gasteiger partial charge on any atom is 0.165 e. The zero-order valence-corrected chi connectivity index (χ0v) is 7.84. The SMILES string of the molecule is CCOc1ccc(F)c(OCC)c1. The van der Waals surface area contributed by atoms with Gasteiger partial charge in [0.25, 0.3) is 0 Å². The molecule has 1 rings (SSSR count). The number of hydrogen-bond acceptors (Lipinski definition) is 2. The molecule has 0 N–H and O–H groups in total. The highest BCUT2D eigenvalue weighted by molar-refractivity contribution is 5.34. The molecule has 0 radical (unpaired) electrons. The molecule has 0 heterocycles. The van der Waals surface area contributed by atoms with E-state index in [4.69, 9.17) is 9.47 Å². The van der Waals surface area contributed by atoms with Crippen LogP contribution in [0, 0.1) is 5.82 Å². The second-order valence-electron chi connectivity index (χ2n) is 2.46. The van der Waals surface area contributed by atoms with Gasteiger partial charge in [-0.05, 0) is 26.0 Å². The summed E-state index contributed by atoms with van der Waals surface area (Å²) in [6.07, 6.45) is 0. The third kappa shape index (κ3) is 2.61. The fraction of sp³-hybridized carbons (Fsp3) is 0.400. The predicted octanol–water partition coefficient (Wildman–Crippen LogP) is 2.62. The van der Waals surface area contributed by atoms with Gasteiger partial charge in [0.1, 0.15) is 5.75 Å². The zero-order valence-electron chi connectivity index (χ0n) is 7.84. The Kier molecular flexibility index (Phi) is 3.55. The molecular weight excluding hydrogens is 171 g/mol. The lowest BCUT2D eigenvalue weighted by molar-refractivity contribution is 0.310. The van der Waals surface area contributed by atoms with E-state index in [1.165, 1.54) is 6.07 Å². The highest BCUT2D eigenvalue weighted by atomic mass is 19.1. The lowest BCUT2D eigenvalue weighted by Gasteiger charge is -2.07. The Bertz CT molecular complexity index is 274. The van der Waals surface area contributed by atoms with Crippen molar-refractivity contribution in [3.8, 4) is 11.5 Å². The lowest BCUT2D eigenvalue weighted by atomic mass is 10.3. The maximum absolute atomic E-state index is 13.0. The lowest BCUT2D eigenvalue weighted by Crippen LogP contribution is -1.96. The van der Waals surface area contributed by atoms with Crippen LogP contribution in [0.2, 0.25) is 0 Å². The molecule has 3 heteroatoms. The molecule has 2 nitrogen and oxygen atoms in total. The highest BCUT2D eigenvalue weighted by Crippen LogP contribution is 2.23. The average molecular weight is 184 g/mol. The Morgan fingerprint density at radius 1 is 1.15 bits per heavy atom. The van der Waals surface area contributed by atoms with Crippen molar-refractivity contribution >= 4 is 0 Å². The molecular formula is C10H13FO2. The maximum atomic E-state index is 13.0. The summed E-state index contributed by atoms with van der Waals surface area (Å²) in [7, 11) is 0. The van der Waals surface area contributed by atoms with Crippen molar-refractivity contribution < 1.29 is 13.9 Å². The van der Waals surface area contributed by atoms with Gasteiger partial charge in [-0.1, -0.05) is 0 Å². The topological polar surface area (TPSA) is 18.5 Å². The minimum Gasteiger partial charge on any atom is -0.494 e. The monoisotopic (exact) mass is 184 g/mol. The molecule has 0 aliphatic rings. The number of halogens is 1. The van der Waals surface area contributed by atoms with E-state index in [0.29, 0.717) is 19.0 Å². The van der Waals surface area contributed by atoms with Crippen LogP contribution in [0.1, 0.15) is 13.8 Å². The van der Waals surface area contributed by atoms with Crippen molar-refractivity contribution in [3.63, 3.8) is 0 Å². The van der Waals surface area contributed by atoms with E-state index in [-0.39, 0.29) is 11.6 Å². The summed E-state index contributed by atoms with van der Waals surface area (Å²) < 4.78 is 23.3. The smallest absolute Gasteiger partial charge is 0.165 e. The summed E-state index contributed by atoms with van der Waals surface area (Å²) in [5.74, 6) is 0.520. The summed E-state index contributed by atoms with van der Waals surface area (Å²) in [4.78, 5) is 0. The minimum absolute atomic E-state index is 0.244. The molecule has 1 aromatic carbocycles. The summed E-state index contributed by atoms with van der Waals surface area (Å²) in [6.45, 7) is 4.71. The van der Waals surface area contributed by atoms with Gasteiger partial charge in [-0.3, -0.25) is 0 Å². The first-order chi connectivity index (χ1) is 6.27. The van der Waals surface area contributed by atoms with Gasteiger partial charge in [0, 0.05) is 6.07 Å². The summed E-state index contributed by atoms with van der Waals surface area (Å²) >= 11 is 0. The number of ether oxygens (including phenoxy) is 2. The van der Waals surface area contributed by atoms with Crippen molar-refractivity contribution in [1.29, 1.82) is 0 Å². The Morgan fingerprint density at radius 2 is 1.85 bits per heavy atom. The van der Waals surface area contributed by atoms with Gasteiger partial charge in [0.05, 0.1) is 13.2 Å². The van der Waals surface area contributed by atoms with Crippen LogP contribution in [0.5, 0.6) is 11.5 Å². The Morgan fingerprint density at radius 3 is 2.46 bits per heavy atom. The van der Waals surface area contributed by atoms with Crippen LogP contribution in [-0.2, 0) is 0 Å². The van der Waals surface area contributed by atoms with E-state index >= 15 is 0 Å². The molecule has 0 spiro atoms. The molecule has 0 unspecified atom stereocenters. The zero-order chi connectivity index (χ0) is 9.68. The van der Waals surface area contributed by atoms with Gasteiger partial charge in [0.2, 0.25) is 0 Å². The van der Waals surface area contributed by atoms with E-state index in [1.54, 1.807) is 12.1 Å². The Labute approximate surface area is 77.3 Å². The molecule has 0 bridgehead atoms. The summed E-state index contributed by atoms with van der Waals surface area (Å²) in [5, 5.41) is 0. The Hall–Kier alpha value is -1.25. The molecule has 0 fully saturated rings. The molecule has 0 saturated heterocycles. The molecule has 72 valence electrons. The van der Waals surface area contributed by atoms with E-state index < -0.39 is 0 Å². The molecule has 0 aromatic heterocycles. The number of rotatable bonds is 4. The molecule has 0 saturated carbocycles. The van der Waals surface area contributed by atoms with Crippen LogP contribution in [0.4, 0.5) is 4.39 Å². The minimum atomic E-state index is -0.356.